The predicted octanol–water partition coefficient (Wildman–Crippen LogP) is 5.26. The van der Waals surface area contributed by atoms with E-state index in [1.807, 2.05) is 0 Å². The van der Waals surface area contributed by atoms with E-state index in [1.54, 1.807) is 0 Å². The lowest BCUT2D eigenvalue weighted by atomic mass is 9.79. The first-order valence-electron chi connectivity index (χ1n) is 7.28. The molecule has 0 bridgehead atoms. The van der Waals surface area contributed by atoms with Gasteiger partial charge in [0.15, 0.2) is 0 Å². The second-order valence-electron chi connectivity index (χ2n) is 5.48. The van der Waals surface area contributed by atoms with E-state index < -0.39 is 0 Å². The van der Waals surface area contributed by atoms with Crippen molar-refractivity contribution >= 4 is 0 Å². The van der Waals surface area contributed by atoms with Crippen LogP contribution in [-0.2, 0) is 0 Å². The van der Waals surface area contributed by atoms with Gasteiger partial charge in [0, 0.05) is 0 Å². The second-order valence-corrected chi connectivity index (χ2v) is 5.48. The first-order chi connectivity index (χ1) is 7.97. The van der Waals surface area contributed by atoms with Crippen molar-refractivity contribution in [1.82, 2.24) is 0 Å². The molecule has 0 heteroatoms. The summed E-state index contributed by atoms with van der Waals surface area (Å²) in [5.74, 6) is 1.87. The molecule has 1 atom stereocenters. The summed E-state index contributed by atoms with van der Waals surface area (Å²) in [7, 11) is 0. The fraction of sp³-hybridized carbons (Fsp3) is 0.750. The number of hydrogen-bond acceptors (Lipinski definition) is 0. The number of allylic oxidation sites excluding steroid dienone is 4. The summed E-state index contributed by atoms with van der Waals surface area (Å²) in [6, 6.07) is 0. The average Bonchev–Trinajstić information content (AvgIpc) is 2.18. The lowest BCUT2D eigenvalue weighted by molar-refractivity contribution is 0.293. The predicted molar refractivity (Wildman–Crippen MR) is 71.4 cm³/mol. The molecule has 0 aromatic heterocycles. The standard InChI is InChI=1S/C16H26/c1-3-7-11-15(12-8-4-1)16-13-9-5-2-6-10-14-16/h1,3,8,12,15-16H,2,4-7,9-11,13-14H2/b3-1-,12-8-. The molecule has 2 aliphatic rings. The quantitative estimate of drug-likeness (QED) is 0.527. The summed E-state index contributed by atoms with van der Waals surface area (Å²) < 4.78 is 0. The van der Waals surface area contributed by atoms with Gasteiger partial charge in [-0.15, -0.1) is 0 Å². The average molecular weight is 218 g/mol. The molecule has 0 N–H and O–H groups in total. The topological polar surface area (TPSA) is 0 Å². The van der Waals surface area contributed by atoms with Crippen LogP contribution in [0.25, 0.3) is 0 Å². The minimum absolute atomic E-state index is 0.878. The minimum atomic E-state index is 0.878. The van der Waals surface area contributed by atoms with Crippen LogP contribution >= 0.6 is 0 Å². The maximum absolute atomic E-state index is 2.52. The minimum Gasteiger partial charge on any atom is -0.0882 e. The molecule has 1 fully saturated rings. The monoisotopic (exact) mass is 218 g/mol. The van der Waals surface area contributed by atoms with Crippen LogP contribution in [0.1, 0.15) is 64.2 Å². The smallest absolute Gasteiger partial charge is 0.0169 e. The Hall–Kier alpha value is -0.520. The van der Waals surface area contributed by atoms with E-state index in [9.17, 15) is 0 Å². The van der Waals surface area contributed by atoms with E-state index >= 15 is 0 Å². The molecule has 2 rings (SSSR count). The van der Waals surface area contributed by atoms with Crippen LogP contribution in [-0.4, -0.2) is 0 Å². The van der Waals surface area contributed by atoms with Crippen molar-refractivity contribution in [3.05, 3.63) is 24.3 Å². The molecule has 0 saturated heterocycles. The van der Waals surface area contributed by atoms with Crippen LogP contribution < -0.4 is 0 Å². The Morgan fingerprint density at radius 2 is 1.44 bits per heavy atom. The van der Waals surface area contributed by atoms with E-state index in [0.717, 1.165) is 18.3 Å². The van der Waals surface area contributed by atoms with Crippen LogP contribution in [0.5, 0.6) is 0 Å². The molecular weight excluding hydrogens is 192 g/mol. The lowest BCUT2D eigenvalue weighted by Crippen LogP contribution is -2.15. The Labute approximate surface area is 101 Å². The highest BCUT2D eigenvalue weighted by molar-refractivity contribution is 5.00. The Morgan fingerprint density at radius 3 is 2.25 bits per heavy atom. The van der Waals surface area contributed by atoms with Crippen molar-refractivity contribution in [3.8, 4) is 0 Å². The zero-order valence-corrected chi connectivity index (χ0v) is 10.5. The molecule has 0 spiro atoms. The van der Waals surface area contributed by atoms with Gasteiger partial charge >= 0.3 is 0 Å². The fourth-order valence-corrected chi connectivity index (χ4v) is 3.24. The van der Waals surface area contributed by atoms with Crippen molar-refractivity contribution in [1.29, 1.82) is 0 Å². The Bertz CT molecular complexity index is 228. The van der Waals surface area contributed by atoms with Crippen LogP contribution in [0.3, 0.4) is 0 Å². The molecule has 0 aliphatic heterocycles. The summed E-state index contributed by atoms with van der Waals surface area (Å²) in [4.78, 5) is 0. The molecule has 0 heterocycles. The molecule has 0 radical (unpaired) electrons. The Morgan fingerprint density at radius 1 is 0.688 bits per heavy atom. The maximum Gasteiger partial charge on any atom is -0.0169 e. The van der Waals surface area contributed by atoms with E-state index in [-0.39, 0.29) is 0 Å². The van der Waals surface area contributed by atoms with Gasteiger partial charge in [0.2, 0.25) is 0 Å². The highest BCUT2D eigenvalue weighted by atomic mass is 14.2. The van der Waals surface area contributed by atoms with E-state index in [0.29, 0.717) is 0 Å². The van der Waals surface area contributed by atoms with Gasteiger partial charge in [-0.1, -0.05) is 56.4 Å². The first kappa shape index (κ1) is 12.0. The molecule has 0 aromatic carbocycles. The normalized spacial score (nSPS) is 33.1. The molecule has 0 amide bonds. The van der Waals surface area contributed by atoms with Gasteiger partial charge in [0.1, 0.15) is 0 Å². The first-order valence-corrected chi connectivity index (χ1v) is 7.28. The van der Waals surface area contributed by atoms with Crippen LogP contribution in [0.4, 0.5) is 0 Å². The van der Waals surface area contributed by atoms with Gasteiger partial charge in [-0.25, -0.2) is 0 Å². The molecular formula is C16H26. The SMILES string of the molecule is C1=C\CCC(C2CCCCCCC2)/C=C\C/1. The molecule has 0 nitrogen and oxygen atoms in total. The summed E-state index contributed by atoms with van der Waals surface area (Å²) in [5, 5.41) is 0. The molecule has 2 aliphatic carbocycles. The van der Waals surface area contributed by atoms with Crippen molar-refractivity contribution < 1.29 is 0 Å². The molecule has 1 saturated carbocycles. The van der Waals surface area contributed by atoms with E-state index in [1.165, 1.54) is 57.8 Å². The third kappa shape index (κ3) is 3.81. The summed E-state index contributed by atoms with van der Waals surface area (Å²) in [6.45, 7) is 0. The van der Waals surface area contributed by atoms with Crippen molar-refractivity contribution in [3.63, 3.8) is 0 Å². The Balaban J connectivity index is 1.89. The van der Waals surface area contributed by atoms with Crippen molar-refractivity contribution in [2.24, 2.45) is 11.8 Å². The molecule has 0 aromatic rings. The summed E-state index contributed by atoms with van der Waals surface area (Å²) >= 11 is 0. The van der Waals surface area contributed by atoms with Crippen molar-refractivity contribution in [2.45, 2.75) is 64.2 Å². The highest BCUT2D eigenvalue weighted by Gasteiger charge is 2.19. The van der Waals surface area contributed by atoms with Gasteiger partial charge in [-0.05, 0) is 43.9 Å². The second kappa shape index (κ2) is 6.93. The van der Waals surface area contributed by atoms with Crippen LogP contribution in [0.15, 0.2) is 24.3 Å². The fourth-order valence-electron chi connectivity index (χ4n) is 3.24. The molecule has 16 heavy (non-hydrogen) atoms. The summed E-state index contributed by atoms with van der Waals surface area (Å²) in [6.07, 6.45) is 23.8. The van der Waals surface area contributed by atoms with Gasteiger partial charge in [0.25, 0.3) is 0 Å². The van der Waals surface area contributed by atoms with E-state index in [4.69, 9.17) is 0 Å². The van der Waals surface area contributed by atoms with Gasteiger partial charge < -0.3 is 0 Å². The van der Waals surface area contributed by atoms with Gasteiger partial charge in [-0.3, -0.25) is 0 Å². The largest absolute Gasteiger partial charge is 0.0882 e. The van der Waals surface area contributed by atoms with Crippen LogP contribution in [0.2, 0.25) is 0 Å². The van der Waals surface area contributed by atoms with E-state index in [2.05, 4.69) is 24.3 Å². The summed E-state index contributed by atoms with van der Waals surface area (Å²) in [5.41, 5.74) is 0. The Kier molecular flexibility index (Phi) is 5.18. The zero-order chi connectivity index (χ0) is 11.1. The number of hydrogen-bond donors (Lipinski definition) is 0. The van der Waals surface area contributed by atoms with Crippen LogP contribution in [0, 0.1) is 11.8 Å². The van der Waals surface area contributed by atoms with Gasteiger partial charge in [0.05, 0.1) is 0 Å². The van der Waals surface area contributed by atoms with Gasteiger partial charge in [-0.2, -0.15) is 0 Å². The zero-order valence-electron chi connectivity index (χ0n) is 10.5. The third-order valence-electron chi connectivity index (χ3n) is 4.24. The maximum atomic E-state index is 2.52. The lowest BCUT2D eigenvalue weighted by Gasteiger charge is -2.27. The third-order valence-corrected chi connectivity index (χ3v) is 4.24. The molecule has 90 valence electrons. The molecule has 1 unspecified atom stereocenters. The number of rotatable bonds is 1. The van der Waals surface area contributed by atoms with Crippen molar-refractivity contribution in [2.75, 3.05) is 0 Å². The highest BCUT2D eigenvalue weighted by Crippen LogP contribution is 2.32.